The van der Waals surface area contributed by atoms with Gasteiger partial charge >= 0.3 is 0 Å². The number of rotatable bonds is 9. The van der Waals surface area contributed by atoms with E-state index in [2.05, 4.69) is 20.0 Å². The van der Waals surface area contributed by atoms with Gasteiger partial charge in [-0.15, -0.1) is 0 Å². The van der Waals surface area contributed by atoms with Crippen LogP contribution < -0.4 is 11.1 Å². The summed E-state index contributed by atoms with van der Waals surface area (Å²) >= 11 is 0. The van der Waals surface area contributed by atoms with Crippen molar-refractivity contribution in [2.45, 2.75) is 26.3 Å². The van der Waals surface area contributed by atoms with E-state index in [0.717, 1.165) is 0 Å². The Morgan fingerprint density at radius 3 is 3.00 bits per heavy atom. The molecule has 1 aromatic heterocycles. The molecule has 148 valence electrons. The van der Waals surface area contributed by atoms with Crippen molar-refractivity contribution in [3.05, 3.63) is 41.9 Å². The van der Waals surface area contributed by atoms with E-state index in [0.29, 0.717) is 12.2 Å². The first kappa shape index (κ1) is 20.7. The molecule has 0 aromatic carbocycles. The Labute approximate surface area is 154 Å². The Hall–Kier alpha value is -2.62. The molecule has 0 saturated heterocycles. The number of ether oxygens (including phenoxy) is 1. The number of alkyl halides is 2. The van der Waals surface area contributed by atoms with E-state index < -0.39 is 24.8 Å². The standard InChI is InChI=1S/C17H22F3N5O2/c1-2-25-6-5-22-16(25)17(26)24-12-3-4-13(18)11(7-12)8-23-15(21)10-27-9-14(19)20/h3-6,11,14H,2,7-10H2,1H3,(H2,21,23)(H,24,26). The molecule has 27 heavy (non-hydrogen) atoms. The first-order chi connectivity index (χ1) is 12.9. The van der Waals surface area contributed by atoms with Crippen LogP contribution >= 0.6 is 0 Å². The predicted molar refractivity (Wildman–Crippen MR) is 94.1 cm³/mol. The minimum absolute atomic E-state index is 0.00793. The molecular formula is C17H22F3N5O2. The number of amidine groups is 1. The van der Waals surface area contributed by atoms with Gasteiger partial charge < -0.3 is 20.4 Å². The minimum atomic E-state index is -2.59. The number of carbonyl (C=O) groups is 1. The summed E-state index contributed by atoms with van der Waals surface area (Å²) in [6.45, 7) is 1.52. The van der Waals surface area contributed by atoms with E-state index in [1.165, 1.54) is 18.3 Å². The van der Waals surface area contributed by atoms with Crippen LogP contribution in [0.2, 0.25) is 0 Å². The second kappa shape index (κ2) is 9.91. The Morgan fingerprint density at radius 1 is 1.52 bits per heavy atom. The first-order valence-corrected chi connectivity index (χ1v) is 8.44. The molecule has 0 radical (unpaired) electrons. The summed E-state index contributed by atoms with van der Waals surface area (Å²) in [6.07, 6.45) is 3.60. The number of carbonyl (C=O) groups excluding carboxylic acids is 1. The lowest BCUT2D eigenvalue weighted by Gasteiger charge is -2.20. The number of aliphatic imine (C=N–C) groups is 1. The van der Waals surface area contributed by atoms with Crippen LogP contribution in [-0.4, -0.2) is 47.5 Å². The van der Waals surface area contributed by atoms with Crippen molar-refractivity contribution < 1.29 is 22.7 Å². The van der Waals surface area contributed by atoms with Gasteiger partial charge in [0.05, 0.1) is 6.54 Å². The van der Waals surface area contributed by atoms with Crippen molar-refractivity contribution in [3.63, 3.8) is 0 Å². The summed E-state index contributed by atoms with van der Waals surface area (Å²) < 4.78 is 44.4. The number of halogens is 3. The van der Waals surface area contributed by atoms with Gasteiger partial charge in [-0.05, 0) is 25.5 Å². The van der Waals surface area contributed by atoms with Gasteiger partial charge in [-0.3, -0.25) is 9.79 Å². The smallest absolute Gasteiger partial charge is 0.291 e. The van der Waals surface area contributed by atoms with Crippen LogP contribution in [0.4, 0.5) is 13.2 Å². The summed E-state index contributed by atoms with van der Waals surface area (Å²) in [5.74, 6) is -1.11. The van der Waals surface area contributed by atoms with Crippen molar-refractivity contribution in [1.29, 1.82) is 0 Å². The number of aromatic nitrogens is 2. The molecule has 0 spiro atoms. The Kier molecular flexibility index (Phi) is 7.59. The number of amides is 1. The van der Waals surface area contributed by atoms with Crippen molar-refractivity contribution in [1.82, 2.24) is 14.9 Å². The van der Waals surface area contributed by atoms with Gasteiger partial charge in [-0.25, -0.2) is 18.2 Å². The first-order valence-electron chi connectivity index (χ1n) is 8.44. The maximum atomic E-state index is 14.0. The summed E-state index contributed by atoms with van der Waals surface area (Å²) in [6, 6.07) is 0. The Bertz CT molecular complexity index is 743. The summed E-state index contributed by atoms with van der Waals surface area (Å²) in [5.41, 5.74) is 6.10. The summed E-state index contributed by atoms with van der Waals surface area (Å²) in [5, 5.41) is 2.72. The molecule has 1 aliphatic carbocycles. The average Bonchev–Trinajstić information content (AvgIpc) is 3.10. The van der Waals surface area contributed by atoms with Crippen molar-refractivity contribution in [2.24, 2.45) is 16.6 Å². The monoisotopic (exact) mass is 385 g/mol. The average molecular weight is 385 g/mol. The van der Waals surface area contributed by atoms with Crippen LogP contribution in [0.5, 0.6) is 0 Å². The van der Waals surface area contributed by atoms with Gasteiger partial charge in [-0.1, -0.05) is 0 Å². The van der Waals surface area contributed by atoms with Crippen molar-refractivity contribution >= 4 is 11.7 Å². The predicted octanol–water partition coefficient (Wildman–Crippen LogP) is 2.03. The van der Waals surface area contributed by atoms with E-state index in [-0.39, 0.29) is 37.1 Å². The molecule has 1 unspecified atom stereocenters. The normalized spacial score (nSPS) is 17.7. The fourth-order valence-electron chi connectivity index (χ4n) is 2.49. The quantitative estimate of drug-likeness (QED) is 0.502. The number of hydrogen-bond donors (Lipinski definition) is 2. The molecule has 10 heteroatoms. The maximum Gasteiger partial charge on any atom is 0.291 e. The number of nitrogens with zero attached hydrogens (tertiary/aromatic N) is 3. The molecule has 0 saturated carbocycles. The molecule has 3 N–H and O–H groups in total. The fraction of sp³-hybridized carbons (Fsp3) is 0.471. The zero-order chi connectivity index (χ0) is 19.8. The summed E-state index contributed by atoms with van der Waals surface area (Å²) in [7, 11) is 0. The lowest BCUT2D eigenvalue weighted by atomic mass is 9.97. The molecule has 2 rings (SSSR count). The van der Waals surface area contributed by atoms with E-state index in [9.17, 15) is 18.0 Å². The van der Waals surface area contributed by atoms with Crippen molar-refractivity contribution in [2.75, 3.05) is 19.8 Å². The van der Waals surface area contributed by atoms with Gasteiger partial charge in [0.25, 0.3) is 12.3 Å². The van der Waals surface area contributed by atoms with Gasteiger partial charge in [0.15, 0.2) is 5.82 Å². The minimum Gasteiger partial charge on any atom is -0.386 e. The molecule has 1 aromatic rings. The van der Waals surface area contributed by atoms with Crippen LogP contribution in [-0.2, 0) is 11.3 Å². The van der Waals surface area contributed by atoms with Gasteiger partial charge in [-0.2, -0.15) is 0 Å². The fourth-order valence-corrected chi connectivity index (χ4v) is 2.49. The van der Waals surface area contributed by atoms with E-state index >= 15 is 0 Å². The summed E-state index contributed by atoms with van der Waals surface area (Å²) in [4.78, 5) is 20.3. The second-order valence-electron chi connectivity index (χ2n) is 5.87. The van der Waals surface area contributed by atoms with E-state index in [1.54, 1.807) is 10.8 Å². The Balaban J connectivity index is 1.90. The highest BCUT2D eigenvalue weighted by Crippen LogP contribution is 2.25. The van der Waals surface area contributed by atoms with Crippen LogP contribution in [0, 0.1) is 5.92 Å². The van der Waals surface area contributed by atoms with Gasteiger partial charge in [0.2, 0.25) is 0 Å². The highest BCUT2D eigenvalue weighted by atomic mass is 19.3. The van der Waals surface area contributed by atoms with Gasteiger partial charge in [0, 0.05) is 30.6 Å². The highest BCUT2D eigenvalue weighted by molar-refractivity contribution is 5.92. The molecule has 1 amide bonds. The Morgan fingerprint density at radius 2 is 2.30 bits per heavy atom. The molecule has 1 atom stereocenters. The maximum absolute atomic E-state index is 14.0. The molecule has 0 fully saturated rings. The lowest BCUT2D eigenvalue weighted by Crippen LogP contribution is -2.29. The van der Waals surface area contributed by atoms with Crippen molar-refractivity contribution in [3.8, 4) is 0 Å². The van der Waals surface area contributed by atoms with Crippen LogP contribution in [0.25, 0.3) is 0 Å². The van der Waals surface area contributed by atoms with Crippen LogP contribution in [0.1, 0.15) is 24.0 Å². The molecule has 1 heterocycles. The third-order valence-corrected chi connectivity index (χ3v) is 3.84. The molecular weight excluding hydrogens is 363 g/mol. The number of nitrogens with two attached hydrogens (primary N) is 1. The number of hydrogen-bond acceptors (Lipinski definition) is 4. The molecule has 1 aliphatic rings. The number of imidazole rings is 1. The molecule has 0 aliphatic heterocycles. The third-order valence-electron chi connectivity index (χ3n) is 3.84. The molecule has 0 bridgehead atoms. The largest absolute Gasteiger partial charge is 0.386 e. The number of nitrogens with one attached hydrogen (secondary N) is 1. The number of allylic oxidation sites excluding steroid dienone is 3. The number of aryl methyl sites for hydroxylation is 1. The van der Waals surface area contributed by atoms with Crippen LogP contribution in [0.15, 0.2) is 41.1 Å². The topological polar surface area (TPSA) is 94.5 Å². The zero-order valence-corrected chi connectivity index (χ0v) is 14.9. The highest BCUT2D eigenvalue weighted by Gasteiger charge is 2.22. The van der Waals surface area contributed by atoms with E-state index in [1.807, 2.05) is 6.92 Å². The SMILES string of the molecule is CCn1ccnc1C(=O)NC1=CC=C(F)C(C/N=C(/N)COCC(F)F)C1. The van der Waals surface area contributed by atoms with E-state index in [4.69, 9.17) is 5.73 Å². The lowest BCUT2D eigenvalue weighted by molar-refractivity contribution is 0.0321. The third kappa shape index (κ3) is 6.24. The molecule has 7 nitrogen and oxygen atoms in total. The second-order valence-corrected chi connectivity index (χ2v) is 5.87. The van der Waals surface area contributed by atoms with Gasteiger partial charge in [0.1, 0.15) is 24.9 Å². The zero-order valence-electron chi connectivity index (χ0n) is 14.9. The van der Waals surface area contributed by atoms with Crippen LogP contribution in [0.3, 0.4) is 0 Å².